The molecule has 4 aromatic rings. The van der Waals surface area contributed by atoms with Gasteiger partial charge in [0.1, 0.15) is 0 Å². The molecular formula is C26H20N4O3. The zero-order valence-corrected chi connectivity index (χ0v) is 18.1. The number of carbonyl (C=O) groups excluding carboxylic acids is 1. The van der Waals surface area contributed by atoms with Gasteiger partial charge in [-0.3, -0.25) is 9.59 Å². The van der Waals surface area contributed by atoms with Crippen molar-refractivity contribution in [3.63, 3.8) is 0 Å². The summed E-state index contributed by atoms with van der Waals surface area (Å²) in [5, 5.41) is 20.4. The number of anilines is 1. The minimum absolute atomic E-state index is 0.222. The molecule has 0 aliphatic carbocycles. The number of aryl methyl sites for hydroxylation is 1. The number of aromatic hydroxyl groups is 1. The topological polar surface area (TPSA) is 87.3 Å². The second-order valence-electron chi connectivity index (χ2n) is 7.83. The van der Waals surface area contributed by atoms with Crippen LogP contribution in [-0.2, 0) is 4.79 Å². The standard InChI is InChI=1S/C26H20N4O3/c1-16-11-13-17(14-12-16)30-24(31)19-8-4-3-7-18(19)21(25(30)32)15-27-28-23-20-9-5-6-10-22(20)29(2)26(23)33/h3-15,32H,1-2H3/b27-15-,28-23-. The first kappa shape index (κ1) is 20.4. The van der Waals surface area contributed by atoms with Gasteiger partial charge in [-0.1, -0.05) is 54.1 Å². The first-order valence-corrected chi connectivity index (χ1v) is 10.4. The second-order valence-corrected chi connectivity index (χ2v) is 7.83. The first-order chi connectivity index (χ1) is 16.0. The van der Waals surface area contributed by atoms with Gasteiger partial charge in [-0.25, -0.2) is 4.57 Å². The van der Waals surface area contributed by atoms with E-state index in [0.717, 1.165) is 11.3 Å². The van der Waals surface area contributed by atoms with Gasteiger partial charge in [-0.05, 0) is 31.2 Å². The van der Waals surface area contributed by atoms with Crippen LogP contribution in [0.3, 0.4) is 0 Å². The number of hydrogen-bond acceptors (Lipinski definition) is 5. The smallest absolute Gasteiger partial charge is 0.279 e. The molecule has 0 bridgehead atoms. The summed E-state index contributed by atoms with van der Waals surface area (Å²) in [6.45, 7) is 1.95. The lowest BCUT2D eigenvalue weighted by molar-refractivity contribution is -0.111. The number of hydrogen-bond donors (Lipinski definition) is 1. The van der Waals surface area contributed by atoms with Crippen LogP contribution in [0, 0.1) is 6.92 Å². The molecular weight excluding hydrogens is 416 g/mol. The molecule has 3 aromatic carbocycles. The summed E-state index contributed by atoms with van der Waals surface area (Å²) >= 11 is 0. The molecule has 0 unspecified atom stereocenters. The van der Waals surface area contributed by atoms with E-state index in [1.165, 1.54) is 15.7 Å². The minimum Gasteiger partial charge on any atom is -0.494 e. The fourth-order valence-corrected chi connectivity index (χ4v) is 4.01. The van der Waals surface area contributed by atoms with E-state index >= 15 is 0 Å². The van der Waals surface area contributed by atoms with Crippen LogP contribution < -0.4 is 10.5 Å². The number of fused-ring (bicyclic) bond motifs is 2. The van der Waals surface area contributed by atoms with Crippen molar-refractivity contribution in [1.82, 2.24) is 4.57 Å². The summed E-state index contributed by atoms with van der Waals surface area (Å²) in [5.74, 6) is -0.506. The van der Waals surface area contributed by atoms with Gasteiger partial charge < -0.3 is 10.0 Å². The van der Waals surface area contributed by atoms with Crippen molar-refractivity contribution in [2.24, 2.45) is 10.2 Å². The Bertz CT molecular complexity index is 1530. The van der Waals surface area contributed by atoms with E-state index < -0.39 is 0 Å². The molecule has 0 fully saturated rings. The molecule has 162 valence electrons. The van der Waals surface area contributed by atoms with Gasteiger partial charge in [0, 0.05) is 23.4 Å². The van der Waals surface area contributed by atoms with Crippen molar-refractivity contribution in [3.8, 4) is 11.6 Å². The highest BCUT2D eigenvalue weighted by atomic mass is 16.3. The van der Waals surface area contributed by atoms with E-state index in [9.17, 15) is 14.7 Å². The molecule has 5 rings (SSSR count). The van der Waals surface area contributed by atoms with E-state index in [0.29, 0.717) is 27.6 Å². The van der Waals surface area contributed by atoms with Gasteiger partial charge in [0.25, 0.3) is 11.5 Å². The molecule has 33 heavy (non-hydrogen) atoms. The van der Waals surface area contributed by atoms with Crippen LogP contribution in [-0.4, -0.2) is 34.6 Å². The number of pyridine rings is 1. The zero-order chi connectivity index (χ0) is 23.1. The summed E-state index contributed by atoms with van der Waals surface area (Å²) in [4.78, 5) is 27.3. The molecule has 2 heterocycles. The van der Waals surface area contributed by atoms with Crippen molar-refractivity contribution >= 4 is 34.3 Å². The maximum Gasteiger partial charge on any atom is 0.279 e. The molecule has 1 N–H and O–H groups in total. The lowest BCUT2D eigenvalue weighted by atomic mass is 10.1. The highest BCUT2D eigenvalue weighted by Gasteiger charge is 2.31. The van der Waals surface area contributed by atoms with Crippen LogP contribution in [0.15, 0.2) is 87.8 Å². The fraction of sp³-hybridized carbons (Fsp3) is 0.0769. The zero-order valence-electron chi connectivity index (χ0n) is 18.1. The molecule has 0 saturated heterocycles. The summed E-state index contributed by atoms with van der Waals surface area (Å²) in [6, 6.07) is 21.6. The van der Waals surface area contributed by atoms with Crippen LogP contribution in [0.1, 0.15) is 16.7 Å². The predicted molar refractivity (Wildman–Crippen MR) is 130 cm³/mol. The van der Waals surface area contributed by atoms with Gasteiger partial charge in [-0.2, -0.15) is 5.10 Å². The summed E-state index contributed by atoms with van der Waals surface area (Å²) in [6.07, 6.45) is 1.38. The van der Waals surface area contributed by atoms with E-state index in [1.54, 1.807) is 43.4 Å². The van der Waals surface area contributed by atoms with Crippen molar-refractivity contribution < 1.29 is 9.90 Å². The van der Waals surface area contributed by atoms with Crippen LogP contribution in [0.2, 0.25) is 0 Å². The lowest BCUT2D eigenvalue weighted by Crippen LogP contribution is -2.25. The summed E-state index contributed by atoms with van der Waals surface area (Å²) in [7, 11) is 1.68. The second kappa shape index (κ2) is 7.87. The van der Waals surface area contributed by atoms with Crippen molar-refractivity contribution in [2.45, 2.75) is 6.92 Å². The van der Waals surface area contributed by atoms with Gasteiger partial charge in [0.2, 0.25) is 5.88 Å². The average Bonchev–Trinajstić information content (AvgIpc) is 3.07. The van der Waals surface area contributed by atoms with Crippen molar-refractivity contribution in [1.29, 1.82) is 0 Å². The molecule has 7 heteroatoms. The molecule has 0 spiro atoms. The molecule has 0 atom stereocenters. The molecule has 1 amide bonds. The van der Waals surface area contributed by atoms with Gasteiger partial charge in [-0.15, -0.1) is 5.10 Å². The Balaban J connectivity index is 1.67. The Kier molecular flexibility index (Phi) is 4.86. The van der Waals surface area contributed by atoms with Gasteiger partial charge in [0.05, 0.1) is 23.2 Å². The molecule has 1 aromatic heterocycles. The lowest BCUT2D eigenvalue weighted by Gasteiger charge is -2.13. The quantitative estimate of drug-likeness (QED) is 0.391. The summed E-state index contributed by atoms with van der Waals surface area (Å²) in [5.41, 5.74) is 3.25. The number of rotatable bonds is 3. The number of nitrogens with zero attached hydrogens (tertiary/aromatic N) is 4. The number of likely N-dealkylation sites (N-methyl/N-ethyl adjacent to an activating group) is 1. The Morgan fingerprint density at radius 3 is 2.30 bits per heavy atom. The number of carbonyl (C=O) groups is 1. The third kappa shape index (κ3) is 3.30. The monoisotopic (exact) mass is 436 g/mol. The van der Waals surface area contributed by atoms with Crippen molar-refractivity contribution in [2.75, 3.05) is 11.9 Å². The Labute approximate surface area is 189 Å². The molecule has 0 saturated carbocycles. The van der Waals surface area contributed by atoms with E-state index in [-0.39, 0.29) is 23.1 Å². The van der Waals surface area contributed by atoms with Crippen LogP contribution >= 0.6 is 0 Å². The normalized spacial score (nSPS) is 14.5. The number of aromatic nitrogens is 1. The van der Waals surface area contributed by atoms with E-state index in [1.807, 2.05) is 43.3 Å². The van der Waals surface area contributed by atoms with E-state index in [4.69, 9.17) is 0 Å². The van der Waals surface area contributed by atoms with Gasteiger partial charge >= 0.3 is 0 Å². The Hall–Kier alpha value is -4.52. The van der Waals surface area contributed by atoms with Gasteiger partial charge in [0.15, 0.2) is 5.71 Å². The molecule has 7 nitrogen and oxygen atoms in total. The largest absolute Gasteiger partial charge is 0.494 e. The Morgan fingerprint density at radius 2 is 1.55 bits per heavy atom. The third-order valence-electron chi connectivity index (χ3n) is 5.77. The van der Waals surface area contributed by atoms with Crippen LogP contribution in [0.4, 0.5) is 5.69 Å². The van der Waals surface area contributed by atoms with Crippen LogP contribution in [0.5, 0.6) is 5.88 Å². The average molecular weight is 436 g/mol. The molecule has 0 radical (unpaired) electrons. The maximum absolute atomic E-state index is 13.2. The van der Waals surface area contributed by atoms with Crippen molar-refractivity contribution in [3.05, 3.63) is 99.8 Å². The third-order valence-corrected chi connectivity index (χ3v) is 5.77. The highest BCUT2D eigenvalue weighted by Crippen LogP contribution is 2.28. The minimum atomic E-state index is -0.336. The maximum atomic E-state index is 13.2. The highest BCUT2D eigenvalue weighted by molar-refractivity contribution is 6.54. The Morgan fingerprint density at radius 1 is 0.879 bits per heavy atom. The predicted octanol–water partition coefficient (Wildman–Crippen LogP) is 3.80. The van der Waals surface area contributed by atoms with E-state index in [2.05, 4.69) is 10.2 Å². The molecule has 1 aliphatic rings. The molecule has 1 aliphatic heterocycles. The first-order valence-electron chi connectivity index (χ1n) is 10.4. The summed E-state index contributed by atoms with van der Waals surface area (Å²) < 4.78 is 1.25. The fourth-order valence-electron chi connectivity index (χ4n) is 4.01. The number of benzene rings is 3. The van der Waals surface area contributed by atoms with Crippen LogP contribution in [0.25, 0.3) is 16.5 Å². The number of amides is 1. The number of para-hydroxylation sites is 1. The SMILES string of the molecule is Cc1ccc(-n2c(O)c(/C=N\N=C3/C(=O)N(C)c4ccccc43)c3ccccc3c2=O)cc1.